The summed E-state index contributed by atoms with van der Waals surface area (Å²) in [5.74, 6) is -0.291. The van der Waals surface area contributed by atoms with Crippen LogP contribution in [0.5, 0.6) is 0 Å². The zero-order valence-corrected chi connectivity index (χ0v) is 13.3. The van der Waals surface area contributed by atoms with Crippen LogP contribution in [-0.4, -0.2) is 18.0 Å². The number of nitrogens with zero attached hydrogens (tertiary/aromatic N) is 1. The average molecular weight is 321 g/mol. The first-order valence-corrected chi connectivity index (χ1v) is 7.35. The molecule has 0 heterocycles. The predicted molar refractivity (Wildman–Crippen MR) is 86.3 cm³/mol. The maximum absolute atomic E-state index is 12.9. The number of halogens is 2. The molecule has 0 aromatic heterocycles. The minimum absolute atomic E-state index is 0.197. The number of amides is 2. The smallest absolute Gasteiger partial charge is 0.317 e. The Morgan fingerprint density at radius 3 is 2.59 bits per heavy atom. The molecule has 1 N–H and O–H groups in total. The second kappa shape index (κ2) is 7.27. The van der Waals surface area contributed by atoms with Crippen LogP contribution in [0.1, 0.15) is 24.1 Å². The Balaban J connectivity index is 1.94. The van der Waals surface area contributed by atoms with Gasteiger partial charge in [0.15, 0.2) is 0 Å². The number of hydrogen-bond donors (Lipinski definition) is 1. The van der Waals surface area contributed by atoms with E-state index in [0.717, 1.165) is 11.1 Å². The van der Waals surface area contributed by atoms with Gasteiger partial charge in [-0.15, -0.1) is 0 Å². The van der Waals surface area contributed by atoms with E-state index in [4.69, 9.17) is 11.6 Å². The van der Waals surface area contributed by atoms with Crippen LogP contribution in [0.4, 0.5) is 9.18 Å². The van der Waals surface area contributed by atoms with Gasteiger partial charge in [0.2, 0.25) is 0 Å². The molecule has 2 rings (SSSR count). The molecule has 2 amide bonds. The summed E-state index contributed by atoms with van der Waals surface area (Å²) in [7, 11) is 1.72. The number of carbonyl (C=O) groups is 1. The molecule has 5 heteroatoms. The number of rotatable bonds is 4. The van der Waals surface area contributed by atoms with E-state index in [0.29, 0.717) is 11.6 Å². The Labute approximate surface area is 134 Å². The third-order valence-electron chi connectivity index (χ3n) is 3.37. The molecular formula is C17H18ClFN2O. The standard InChI is InChI=1S/C17H18ClFN2O/c1-12(14-6-8-16(19)9-7-14)20-17(22)21(2)11-13-4-3-5-15(18)10-13/h3-10,12H,11H2,1-2H3,(H,20,22). The molecular weight excluding hydrogens is 303 g/mol. The summed E-state index contributed by atoms with van der Waals surface area (Å²) in [6.45, 7) is 2.32. The summed E-state index contributed by atoms with van der Waals surface area (Å²) in [6, 6.07) is 13.1. The molecule has 2 aromatic rings. The number of nitrogens with one attached hydrogen (secondary N) is 1. The van der Waals surface area contributed by atoms with Gasteiger partial charge >= 0.3 is 6.03 Å². The Hall–Kier alpha value is -2.07. The van der Waals surface area contributed by atoms with Gasteiger partial charge in [-0.3, -0.25) is 0 Å². The number of benzene rings is 2. The fourth-order valence-electron chi connectivity index (χ4n) is 2.11. The highest BCUT2D eigenvalue weighted by Crippen LogP contribution is 2.15. The van der Waals surface area contributed by atoms with Crippen LogP contribution in [0.25, 0.3) is 0 Å². The second-order valence-corrected chi connectivity index (χ2v) is 5.65. The van der Waals surface area contributed by atoms with Crippen molar-refractivity contribution in [2.45, 2.75) is 19.5 Å². The van der Waals surface area contributed by atoms with Crippen molar-refractivity contribution in [3.63, 3.8) is 0 Å². The summed E-state index contributed by atoms with van der Waals surface area (Å²) in [4.78, 5) is 13.8. The summed E-state index contributed by atoms with van der Waals surface area (Å²) in [6.07, 6.45) is 0. The molecule has 0 spiro atoms. The molecule has 1 atom stereocenters. The first-order valence-electron chi connectivity index (χ1n) is 6.97. The van der Waals surface area contributed by atoms with E-state index in [1.54, 1.807) is 30.1 Å². The lowest BCUT2D eigenvalue weighted by atomic mass is 10.1. The molecule has 3 nitrogen and oxygen atoms in total. The molecule has 0 aliphatic heterocycles. The van der Waals surface area contributed by atoms with E-state index in [1.165, 1.54) is 12.1 Å². The lowest BCUT2D eigenvalue weighted by Crippen LogP contribution is -2.38. The normalized spacial score (nSPS) is 11.8. The molecule has 0 radical (unpaired) electrons. The van der Waals surface area contributed by atoms with Gasteiger partial charge in [0.25, 0.3) is 0 Å². The van der Waals surface area contributed by atoms with Crippen molar-refractivity contribution in [3.8, 4) is 0 Å². The minimum Gasteiger partial charge on any atom is -0.331 e. The first kappa shape index (κ1) is 16.3. The van der Waals surface area contributed by atoms with E-state index in [-0.39, 0.29) is 17.9 Å². The Kier molecular flexibility index (Phi) is 5.39. The summed E-state index contributed by atoms with van der Waals surface area (Å²) < 4.78 is 12.9. The predicted octanol–water partition coefficient (Wildman–Crippen LogP) is 4.38. The zero-order chi connectivity index (χ0) is 16.1. The fourth-order valence-corrected chi connectivity index (χ4v) is 2.32. The number of carbonyl (C=O) groups excluding carboxylic acids is 1. The molecule has 0 aliphatic rings. The van der Waals surface area contributed by atoms with Crippen LogP contribution in [0, 0.1) is 5.82 Å². The summed E-state index contributed by atoms with van der Waals surface area (Å²) in [5, 5.41) is 3.53. The van der Waals surface area contributed by atoms with Crippen molar-refractivity contribution in [1.29, 1.82) is 0 Å². The van der Waals surface area contributed by atoms with Crippen LogP contribution in [0.3, 0.4) is 0 Å². The van der Waals surface area contributed by atoms with Gasteiger partial charge in [0.05, 0.1) is 6.04 Å². The van der Waals surface area contributed by atoms with Crippen LogP contribution in [-0.2, 0) is 6.54 Å². The third-order valence-corrected chi connectivity index (χ3v) is 3.60. The topological polar surface area (TPSA) is 32.3 Å². The fraction of sp³-hybridized carbons (Fsp3) is 0.235. The minimum atomic E-state index is -0.291. The van der Waals surface area contributed by atoms with Crippen molar-refractivity contribution in [2.75, 3.05) is 7.05 Å². The van der Waals surface area contributed by atoms with Gasteiger partial charge < -0.3 is 10.2 Å². The van der Waals surface area contributed by atoms with Gasteiger partial charge in [0, 0.05) is 18.6 Å². The van der Waals surface area contributed by atoms with Crippen molar-refractivity contribution in [1.82, 2.24) is 10.2 Å². The zero-order valence-electron chi connectivity index (χ0n) is 12.5. The highest BCUT2D eigenvalue weighted by molar-refractivity contribution is 6.30. The molecule has 0 saturated carbocycles. The molecule has 2 aromatic carbocycles. The van der Waals surface area contributed by atoms with Crippen molar-refractivity contribution < 1.29 is 9.18 Å². The summed E-state index contributed by atoms with van der Waals surface area (Å²) >= 11 is 5.94. The van der Waals surface area contributed by atoms with Gasteiger partial charge in [-0.25, -0.2) is 9.18 Å². The van der Waals surface area contributed by atoms with Crippen molar-refractivity contribution in [2.24, 2.45) is 0 Å². The van der Waals surface area contributed by atoms with Gasteiger partial charge in [0.1, 0.15) is 5.82 Å². The third kappa shape index (κ3) is 4.46. The molecule has 0 fully saturated rings. The van der Waals surface area contributed by atoms with Crippen LogP contribution < -0.4 is 5.32 Å². The molecule has 22 heavy (non-hydrogen) atoms. The van der Waals surface area contributed by atoms with Crippen LogP contribution >= 0.6 is 11.6 Å². The molecule has 0 bridgehead atoms. The maximum atomic E-state index is 12.9. The van der Waals surface area contributed by atoms with E-state index in [1.807, 2.05) is 25.1 Å². The Morgan fingerprint density at radius 1 is 1.27 bits per heavy atom. The highest BCUT2D eigenvalue weighted by Gasteiger charge is 2.13. The number of urea groups is 1. The SMILES string of the molecule is CC(NC(=O)N(C)Cc1cccc(Cl)c1)c1ccc(F)cc1. The van der Waals surface area contributed by atoms with E-state index in [9.17, 15) is 9.18 Å². The van der Waals surface area contributed by atoms with Crippen LogP contribution in [0.15, 0.2) is 48.5 Å². The van der Waals surface area contributed by atoms with E-state index >= 15 is 0 Å². The molecule has 0 aliphatic carbocycles. The summed E-state index contributed by atoms with van der Waals surface area (Å²) in [5.41, 5.74) is 1.81. The van der Waals surface area contributed by atoms with Crippen molar-refractivity contribution in [3.05, 3.63) is 70.5 Å². The highest BCUT2D eigenvalue weighted by atomic mass is 35.5. The van der Waals surface area contributed by atoms with Gasteiger partial charge in [-0.1, -0.05) is 35.9 Å². The lowest BCUT2D eigenvalue weighted by Gasteiger charge is -2.22. The molecule has 116 valence electrons. The molecule has 0 saturated heterocycles. The second-order valence-electron chi connectivity index (χ2n) is 5.21. The average Bonchev–Trinajstić information content (AvgIpc) is 2.47. The Morgan fingerprint density at radius 2 is 1.95 bits per heavy atom. The quantitative estimate of drug-likeness (QED) is 0.890. The maximum Gasteiger partial charge on any atom is 0.317 e. The van der Waals surface area contributed by atoms with E-state index < -0.39 is 0 Å². The van der Waals surface area contributed by atoms with Gasteiger partial charge in [-0.05, 0) is 42.3 Å². The monoisotopic (exact) mass is 320 g/mol. The van der Waals surface area contributed by atoms with Crippen molar-refractivity contribution >= 4 is 17.6 Å². The molecule has 1 unspecified atom stereocenters. The lowest BCUT2D eigenvalue weighted by molar-refractivity contribution is 0.203. The first-order chi connectivity index (χ1) is 10.5. The number of hydrogen-bond acceptors (Lipinski definition) is 1. The Bertz CT molecular complexity index is 645. The van der Waals surface area contributed by atoms with E-state index in [2.05, 4.69) is 5.32 Å². The largest absolute Gasteiger partial charge is 0.331 e. The van der Waals surface area contributed by atoms with Crippen LogP contribution in [0.2, 0.25) is 5.02 Å². The van der Waals surface area contributed by atoms with Gasteiger partial charge in [-0.2, -0.15) is 0 Å².